The average molecular weight is 296 g/mol. The fourth-order valence-corrected chi connectivity index (χ4v) is 3.28. The first-order chi connectivity index (χ1) is 10.0. The van der Waals surface area contributed by atoms with E-state index in [0.717, 1.165) is 32.2 Å². The summed E-state index contributed by atoms with van der Waals surface area (Å²) >= 11 is 0. The second-order valence-electron chi connectivity index (χ2n) is 5.87. The molecule has 2 heterocycles. The number of methoxy groups -OCH3 is 1. The molecule has 6 heteroatoms. The van der Waals surface area contributed by atoms with Crippen LogP contribution in [0.1, 0.15) is 39.0 Å². The minimum Gasteiger partial charge on any atom is -0.467 e. The molecule has 6 nitrogen and oxygen atoms in total. The fourth-order valence-electron chi connectivity index (χ4n) is 3.28. The molecule has 2 aliphatic heterocycles. The summed E-state index contributed by atoms with van der Waals surface area (Å²) in [6.07, 6.45) is 4.15. The van der Waals surface area contributed by atoms with Crippen molar-refractivity contribution in [2.45, 2.75) is 45.1 Å². The van der Waals surface area contributed by atoms with E-state index in [2.05, 4.69) is 0 Å². The number of likely N-dealkylation sites (tertiary alicyclic amines) is 2. The number of rotatable bonds is 2. The summed E-state index contributed by atoms with van der Waals surface area (Å²) in [5.41, 5.74) is 0. The van der Waals surface area contributed by atoms with Crippen LogP contribution in [0.3, 0.4) is 0 Å². The van der Waals surface area contributed by atoms with Crippen LogP contribution in [0.25, 0.3) is 0 Å². The van der Waals surface area contributed by atoms with Gasteiger partial charge in [0, 0.05) is 26.6 Å². The molecule has 0 aromatic rings. The highest BCUT2D eigenvalue weighted by atomic mass is 16.5. The van der Waals surface area contributed by atoms with Crippen LogP contribution in [-0.4, -0.2) is 60.4 Å². The van der Waals surface area contributed by atoms with Crippen molar-refractivity contribution < 1.29 is 19.1 Å². The molecule has 21 heavy (non-hydrogen) atoms. The molecule has 0 aromatic heterocycles. The molecule has 2 rings (SSSR count). The monoisotopic (exact) mass is 296 g/mol. The van der Waals surface area contributed by atoms with E-state index in [4.69, 9.17) is 4.74 Å². The predicted octanol–water partition coefficient (Wildman–Crippen LogP) is 0.799. The molecule has 118 valence electrons. The first kappa shape index (κ1) is 15.8. The van der Waals surface area contributed by atoms with Crippen LogP contribution >= 0.6 is 0 Å². The third kappa shape index (κ3) is 3.54. The standard InChI is InChI=1S/C15H24N2O4/c1-11(18)16-8-5-6-12(10-16)14(19)17-9-4-3-7-13(17)15(20)21-2/h12-13H,3-10H2,1-2H3. The Morgan fingerprint density at radius 3 is 2.48 bits per heavy atom. The Hall–Kier alpha value is -1.59. The van der Waals surface area contributed by atoms with Gasteiger partial charge in [0.25, 0.3) is 0 Å². The third-order valence-electron chi connectivity index (χ3n) is 4.48. The van der Waals surface area contributed by atoms with Gasteiger partial charge in [-0.25, -0.2) is 4.79 Å². The maximum atomic E-state index is 12.7. The van der Waals surface area contributed by atoms with E-state index in [9.17, 15) is 14.4 Å². The third-order valence-corrected chi connectivity index (χ3v) is 4.48. The minimum atomic E-state index is -0.455. The summed E-state index contributed by atoms with van der Waals surface area (Å²) in [5.74, 6) is -0.512. The molecule has 2 aliphatic rings. The number of piperidine rings is 2. The number of esters is 1. The normalized spacial score (nSPS) is 26.4. The molecule has 0 saturated carbocycles. The van der Waals surface area contributed by atoms with Gasteiger partial charge >= 0.3 is 5.97 Å². The first-order valence-corrected chi connectivity index (χ1v) is 7.68. The second-order valence-corrected chi connectivity index (χ2v) is 5.87. The van der Waals surface area contributed by atoms with Gasteiger partial charge in [0.2, 0.25) is 11.8 Å². The zero-order valence-electron chi connectivity index (χ0n) is 12.8. The van der Waals surface area contributed by atoms with Gasteiger partial charge in [0.15, 0.2) is 0 Å². The van der Waals surface area contributed by atoms with Gasteiger partial charge in [-0.1, -0.05) is 0 Å². The smallest absolute Gasteiger partial charge is 0.328 e. The highest BCUT2D eigenvalue weighted by Gasteiger charge is 2.37. The number of ether oxygens (including phenoxy) is 1. The predicted molar refractivity (Wildman–Crippen MR) is 76.3 cm³/mol. The van der Waals surface area contributed by atoms with Gasteiger partial charge in [-0.05, 0) is 32.1 Å². The number of hydrogen-bond donors (Lipinski definition) is 0. The lowest BCUT2D eigenvalue weighted by Gasteiger charge is -2.39. The summed E-state index contributed by atoms with van der Waals surface area (Å²) in [5, 5.41) is 0. The van der Waals surface area contributed by atoms with Gasteiger partial charge in [-0.15, -0.1) is 0 Å². The van der Waals surface area contributed by atoms with Crippen molar-refractivity contribution >= 4 is 17.8 Å². The molecule has 2 amide bonds. The molecular weight excluding hydrogens is 272 g/mol. The SMILES string of the molecule is COC(=O)C1CCCCN1C(=O)C1CCCN(C(C)=O)C1. The van der Waals surface area contributed by atoms with Crippen molar-refractivity contribution in [2.24, 2.45) is 5.92 Å². The van der Waals surface area contributed by atoms with Crippen molar-refractivity contribution in [1.29, 1.82) is 0 Å². The highest BCUT2D eigenvalue weighted by Crippen LogP contribution is 2.24. The highest BCUT2D eigenvalue weighted by molar-refractivity contribution is 5.86. The topological polar surface area (TPSA) is 66.9 Å². The quantitative estimate of drug-likeness (QED) is 0.707. The number of hydrogen-bond acceptors (Lipinski definition) is 4. The van der Waals surface area contributed by atoms with E-state index in [-0.39, 0.29) is 23.7 Å². The summed E-state index contributed by atoms with van der Waals surface area (Å²) in [6.45, 7) is 3.33. The zero-order valence-corrected chi connectivity index (χ0v) is 12.8. The molecule has 2 fully saturated rings. The van der Waals surface area contributed by atoms with E-state index >= 15 is 0 Å². The van der Waals surface area contributed by atoms with Crippen LogP contribution in [-0.2, 0) is 19.1 Å². The molecule has 0 aromatic carbocycles. The van der Waals surface area contributed by atoms with Crippen molar-refractivity contribution in [3.8, 4) is 0 Å². The summed E-state index contributed by atoms with van der Waals surface area (Å²) < 4.78 is 4.82. The van der Waals surface area contributed by atoms with Crippen molar-refractivity contribution in [1.82, 2.24) is 9.80 Å². The zero-order chi connectivity index (χ0) is 15.4. The number of nitrogens with zero attached hydrogens (tertiary/aromatic N) is 2. The number of carbonyl (C=O) groups excluding carboxylic acids is 3. The van der Waals surface area contributed by atoms with Gasteiger partial charge in [0.1, 0.15) is 6.04 Å². The van der Waals surface area contributed by atoms with Crippen molar-refractivity contribution in [2.75, 3.05) is 26.7 Å². The van der Waals surface area contributed by atoms with Crippen LogP contribution in [0, 0.1) is 5.92 Å². The minimum absolute atomic E-state index is 0.00366. The molecule has 2 saturated heterocycles. The van der Waals surface area contributed by atoms with E-state index in [1.807, 2.05) is 0 Å². The molecular formula is C15H24N2O4. The average Bonchev–Trinajstić information content (AvgIpc) is 2.53. The molecule has 2 unspecified atom stereocenters. The summed E-state index contributed by atoms with van der Waals surface area (Å²) in [7, 11) is 1.36. The van der Waals surface area contributed by atoms with E-state index < -0.39 is 6.04 Å². The maximum Gasteiger partial charge on any atom is 0.328 e. The fraction of sp³-hybridized carbons (Fsp3) is 0.800. The van der Waals surface area contributed by atoms with Gasteiger partial charge in [-0.3, -0.25) is 9.59 Å². The Balaban J connectivity index is 2.06. The lowest BCUT2D eigenvalue weighted by Crippen LogP contribution is -2.53. The summed E-state index contributed by atoms with van der Waals surface area (Å²) in [4.78, 5) is 39.5. The van der Waals surface area contributed by atoms with E-state index in [0.29, 0.717) is 19.5 Å². The Labute approximate surface area is 125 Å². The van der Waals surface area contributed by atoms with E-state index in [1.54, 1.807) is 9.80 Å². The molecule has 0 spiro atoms. The van der Waals surface area contributed by atoms with Gasteiger partial charge in [-0.2, -0.15) is 0 Å². The Kier molecular flexibility index (Phi) is 5.20. The number of carbonyl (C=O) groups is 3. The lowest BCUT2D eigenvalue weighted by molar-refractivity contribution is -0.157. The largest absolute Gasteiger partial charge is 0.467 e. The Bertz CT molecular complexity index is 424. The van der Waals surface area contributed by atoms with Crippen molar-refractivity contribution in [3.05, 3.63) is 0 Å². The van der Waals surface area contributed by atoms with Gasteiger partial charge < -0.3 is 14.5 Å². The van der Waals surface area contributed by atoms with Crippen LogP contribution in [0.2, 0.25) is 0 Å². The molecule has 0 bridgehead atoms. The molecule has 0 N–H and O–H groups in total. The molecule has 0 radical (unpaired) electrons. The van der Waals surface area contributed by atoms with Crippen LogP contribution in [0.15, 0.2) is 0 Å². The Morgan fingerprint density at radius 2 is 1.81 bits per heavy atom. The maximum absolute atomic E-state index is 12.7. The van der Waals surface area contributed by atoms with Crippen LogP contribution in [0.5, 0.6) is 0 Å². The van der Waals surface area contributed by atoms with Crippen LogP contribution < -0.4 is 0 Å². The second kappa shape index (κ2) is 6.91. The lowest BCUT2D eigenvalue weighted by atomic mass is 9.93. The van der Waals surface area contributed by atoms with E-state index in [1.165, 1.54) is 14.0 Å². The van der Waals surface area contributed by atoms with Gasteiger partial charge in [0.05, 0.1) is 13.0 Å². The van der Waals surface area contributed by atoms with Crippen LogP contribution in [0.4, 0.5) is 0 Å². The first-order valence-electron chi connectivity index (χ1n) is 7.68. The summed E-state index contributed by atoms with van der Waals surface area (Å²) in [6, 6.07) is -0.455. The van der Waals surface area contributed by atoms with Crippen molar-refractivity contribution in [3.63, 3.8) is 0 Å². The molecule has 0 aliphatic carbocycles. The number of amides is 2. The molecule has 2 atom stereocenters. The Morgan fingerprint density at radius 1 is 1.05 bits per heavy atom.